The van der Waals surface area contributed by atoms with Gasteiger partial charge in [0.1, 0.15) is 6.07 Å². The monoisotopic (exact) mass is 563 g/mol. The van der Waals surface area contributed by atoms with Crippen LogP contribution in [-0.4, -0.2) is 59.9 Å². The second-order valence-electron chi connectivity index (χ2n) is 11.0. The smallest absolute Gasteiger partial charge is 0.222 e. The van der Waals surface area contributed by atoms with Crippen LogP contribution < -0.4 is 15.5 Å². The number of pyridine rings is 1. The number of nitrogens with zero attached hydrogens (tertiary/aromatic N) is 9. The molecule has 0 radical (unpaired) electrons. The molecular formula is C29H29N11S. The van der Waals surface area contributed by atoms with E-state index in [4.69, 9.17) is 4.98 Å². The van der Waals surface area contributed by atoms with Gasteiger partial charge in [0.05, 0.1) is 34.2 Å². The van der Waals surface area contributed by atoms with Gasteiger partial charge in [0.2, 0.25) is 11.1 Å². The van der Waals surface area contributed by atoms with E-state index in [2.05, 4.69) is 60.7 Å². The molecule has 1 saturated heterocycles. The zero-order valence-electron chi connectivity index (χ0n) is 22.8. The molecule has 2 bridgehead atoms. The molecule has 0 unspecified atom stereocenters. The number of rotatable bonds is 7. The Balaban J connectivity index is 1.14. The maximum atomic E-state index is 9.22. The zero-order valence-corrected chi connectivity index (χ0v) is 23.6. The predicted octanol–water partition coefficient (Wildman–Crippen LogP) is 4.72. The average molecular weight is 564 g/mol. The van der Waals surface area contributed by atoms with Gasteiger partial charge in [-0.05, 0) is 68.9 Å². The van der Waals surface area contributed by atoms with Crippen molar-refractivity contribution in [3.05, 3.63) is 60.7 Å². The molecule has 1 aliphatic heterocycles. The molecule has 1 saturated carbocycles. The Labute approximate surface area is 241 Å². The largest absolute Gasteiger partial charge is 0.382 e. The first-order valence-corrected chi connectivity index (χ1v) is 14.6. The fraction of sp³-hybridized carbons (Fsp3) is 0.345. The standard InChI is InChI=1S/C29H29N11S/c1-17(2)35-23-11-24(25-7-6-21-10-18(12-30)13-34-40(21)25)33-14-22(23)27-37-38-29(41-27)39-15-19-4-5-20(16-39)26(19)36-28-31-8-3-9-32-28/h3,6-11,13-14,17,19-20,26H,4-5,15-16H2,1-2H3,(H,33,35)(H,31,32,36)/t19-,20+,26+. The highest BCUT2D eigenvalue weighted by Crippen LogP contribution is 2.42. The molecular weight excluding hydrogens is 534 g/mol. The first-order valence-electron chi connectivity index (χ1n) is 13.8. The Bertz CT molecular complexity index is 1720. The molecule has 206 valence electrons. The van der Waals surface area contributed by atoms with Crippen LogP contribution in [0.3, 0.4) is 0 Å². The molecule has 2 aliphatic rings. The van der Waals surface area contributed by atoms with Crippen molar-refractivity contribution in [1.29, 1.82) is 5.26 Å². The van der Waals surface area contributed by atoms with Gasteiger partial charge in [-0.15, -0.1) is 10.2 Å². The number of nitriles is 1. The van der Waals surface area contributed by atoms with Crippen LogP contribution in [0.2, 0.25) is 0 Å². The highest BCUT2D eigenvalue weighted by Gasteiger charge is 2.43. The Kier molecular flexibility index (Phi) is 6.43. The maximum absolute atomic E-state index is 9.22. The quantitative estimate of drug-likeness (QED) is 0.286. The first kappa shape index (κ1) is 25.3. The summed E-state index contributed by atoms with van der Waals surface area (Å²) in [5.74, 6) is 1.73. The maximum Gasteiger partial charge on any atom is 0.222 e. The van der Waals surface area contributed by atoms with Crippen LogP contribution in [0.25, 0.3) is 27.5 Å². The second kappa shape index (κ2) is 10.4. The summed E-state index contributed by atoms with van der Waals surface area (Å²) in [5.41, 5.74) is 4.88. The van der Waals surface area contributed by atoms with Gasteiger partial charge in [-0.3, -0.25) is 4.98 Å². The molecule has 0 spiro atoms. The van der Waals surface area contributed by atoms with Crippen LogP contribution >= 0.6 is 11.3 Å². The Morgan fingerprint density at radius 2 is 1.83 bits per heavy atom. The molecule has 0 aromatic carbocycles. The minimum atomic E-state index is 0.215. The third-order valence-corrected chi connectivity index (χ3v) is 8.87. The molecule has 7 rings (SSSR count). The van der Waals surface area contributed by atoms with Crippen LogP contribution in [0.4, 0.5) is 16.8 Å². The third-order valence-electron chi connectivity index (χ3n) is 7.85. The van der Waals surface area contributed by atoms with E-state index in [0.717, 1.165) is 51.4 Å². The summed E-state index contributed by atoms with van der Waals surface area (Å²) >= 11 is 1.61. The van der Waals surface area contributed by atoms with E-state index in [-0.39, 0.29) is 6.04 Å². The van der Waals surface area contributed by atoms with Gasteiger partial charge in [-0.25, -0.2) is 14.5 Å². The number of anilines is 3. The summed E-state index contributed by atoms with van der Waals surface area (Å²) in [6, 6.07) is 12.4. The molecule has 0 amide bonds. The number of aromatic nitrogens is 7. The van der Waals surface area contributed by atoms with Gasteiger partial charge in [-0.1, -0.05) is 11.3 Å². The number of hydrogen-bond acceptors (Lipinski definition) is 11. The van der Waals surface area contributed by atoms with Crippen LogP contribution in [-0.2, 0) is 0 Å². The van der Waals surface area contributed by atoms with Gasteiger partial charge in [-0.2, -0.15) is 10.4 Å². The summed E-state index contributed by atoms with van der Waals surface area (Å²) in [7, 11) is 0. The van der Waals surface area contributed by atoms with Gasteiger partial charge >= 0.3 is 0 Å². The van der Waals surface area contributed by atoms with E-state index in [0.29, 0.717) is 29.4 Å². The first-order chi connectivity index (χ1) is 20.1. The fourth-order valence-corrected chi connectivity index (χ4v) is 6.93. The molecule has 41 heavy (non-hydrogen) atoms. The highest BCUT2D eigenvalue weighted by molar-refractivity contribution is 7.18. The van der Waals surface area contributed by atoms with Crippen molar-refractivity contribution in [3.63, 3.8) is 0 Å². The third kappa shape index (κ3) is 4.82. The lowest BCUT2D eigenvalue weighted by Gasteiger charge is -2.38. The van der Waals surface area contributed by atoms with Crippen LogP contribution in [0, 0.1) is 23.2 Å². The summed E-state index contributed by atoms with van der Waals surface area (Å²) in [5, 5.41) is 31.9. The normalized spacial score (nSPS) is 20.0. The average Bonchev–Trinajstić information content (AvgIpc) is 3.69. The van der Waals surface area contributed by atoms with Crippen LogP contribution in [0.15, 0.2) is 55.1 Å². The van der Waals surface area contributed by atoms with E-state index >= 15 is 0 Å². The minimum Gasteiger partial charge on any atom is -0.382 e. The van der Waals surface area contributed by atoms with Crippen molar-refractivity contribution in [2.75, 3.05) is 28.6 Å². The van der Waals surface area contributed by atoms with Gasteiger partial charge < -0.3 is 15.5 Å². The zero-order chi connectivity index (χ0) is 27.9. The lowest BCUT2D eigenvalue weighted by atomic mass is 9.92. The van der Waals surface area contributed by atoms with Crippen molar-refractivity contribution in [1.82, 2.24) is 34.8 Å². The number of hydrogen-bond donors (Lipinski definition) is 2. The van der Waals surface area contributed by atoms with Crippen LogP contribution in [0.5, 0.6) is 0 Å². The Morgan fingerprint density at radius 1 is 1.02 bits per heavy atom. The van der Waals surface area contributed by atoms with E-state index in [1.165, 1.54) is 12.8 Å². The van der Waals surface area contributed by atoms with Crippen molar-refractivity contribution >= 4 is 33.6 Å². The fourth-order valence-electron chi connectivity index (χ4n) is 6.04. The number of fused-ring (bicyclic) bond motifs is 3. The molecule has 6 heterocycles. The number of piperidine rings is 1. The number of nitrogens with one attached hydrogen (secondary N) is 2. The van der Waals surface area contributed by atoms with Gasteiger partial charge in [0, 0.05) is 49.5 Å². The molecule has 5 aromatic heterocycles. The van der Waals surface area contributed by atoms with E-state index in [9.17, 15) is 5.26 Å². The Morgan fingerprint density at radius 3 is 2.59 bits per heavy atom. The van der Waals surface area contributed by atoms with Gasteiger partial charge in [0.25, 0.3) is 0 Å². The Hall–Kier alpha value is -4.63. The summed E-state index contributed by atoms with van der Waals surface area (Å²) < 4.78 is 1.81. The highest BCUT2D eigenvalue weighted by atomic mass is 32.1. The van der Waals surface area contributed by atoms with E-state index in [1.807, 2.05) is 41.0 Å². The van der Waals surface area contributed by atoms with Crippen molar-refractivity contribution in [2.45, 2.75) is 38.8 Å². The minimum absolute atomic E-state index is 0.215. The molecule has 12 heteroatoms. The molecule has 5 aromatic rings. The SMILES string of the molecule is CC(C)Nc1cc(-c2ccc3cc(C#N)cnn23)ncc1-c1nnc(N2C[C@H]3CC[C@@H](C2)[C@H]3Nc2ncccn2)s1. The predicted molar refractivity (Wildman–Crippen MR) is 159 cm³/mol. The summed E-state index contributed by atoms with van der Waals surface area (Å²) in [4.78, 5) is 15.9. The van der Waals surface area contributed by atoms with Crippen LogP contribution in [0.1, 0.15) is 32.3 Å². The lowest BCUT2D eigenvalue weighted by Crippen LogP contribution is -2.48. The molecule has 2 fully saturated rings. The molecule has 2 N–H and O–H groups in total. The summed E-state index contributed by atoms with van der Waals surface area (Å²) in [6.07, 6.45) is 9.37. The lowest BCUT2D eigenvalue weighted by molar-refractivity contribution is 0.376. The molecule has 1 aliphatic carbocycles. The summed E-state index contributed by atoms with van der Waals surface area (Å²) in [6.45, 7) is 6.10. The van der Waals surface area contributed by atoms with Crippen molar-refractivity contribution in [3.8, 4) is 28.0 Å². The van der Waals surface area contributed by atoms with E-state index < -0.39 is 0 Å². The second-order valence-corrected chi connectivity index (χ2v) is 11.9. The molecule has 3 atom stereocenters. The van der Waals surface area contributed by atoms with E-state index in [1.54, 1.807) is 29.9 Å². The molecule has 11 nitrogen and oxygen atoms in total. The van der Waals surface area contributed by atoms with Crippen molar-refractivity contribution < 1.29 is 0 Å². The van der Waals surface area contributed by atoms with Crippen molar-refractivity contribution in [2.24, 2.45) is 11.8 Å². The van der Waals surface area contributed by atoms with Gasteiger partial charge in [0.15, 0.2) is 5.01 Å². The topological polar surface area (TPSA) is 133 Å².